The van der Waals surface area contributed by atoms with E-state index in [1.54, 1.807) is 13.3 Å². The van der Waals surface area contributed by atoms with Gasteiger partial charge >= 0.3 is 0 Å². The largest absolute Gasteiger partial charge is 0.493 e. The summed E-state index contributed by atoms with van der Waals surface area (Å²) in [6.07, 6.45) is 2.50. The maximum atomic E-state index is 12.7. The van der Waals surface area contributed by atoms with E-state index in [1.165, 1.54) is 0 Å². The van der Waals surface area contributed by atoms with Crippen molar-refractivity contribution in [2.24, 2.45) is 0 Å². The van der Waals surface area contributed by atoms with E-state index in [0.717, 1.165) is 34.5 Å². The number of imidazole rings is 1. The van der Waals surface area contributed by atoms with Gasteiger partial charge in [0.1, 0.15) is 5.75 Å². The van der Waals surface area contributed by atoms with E-state index in [9.17, 15) is 4.21 Å². The Kier molecular flexibility index (Phi) is 7.26. The number of aromatic nitrogens is 3. The molecule has 2 aromatic heterocycles. The van der Waals surface area contributed by atoms with Gasteiger partial charge in [0.25, 0.3) is 0 Å². The smallest absolute Gasteiger partial charge is 0.197 e. The molecule has 3 N–H and O–H groups in total. The van der Waals surface area contributed by atoms with Crippen LogP contribution in [0.15, 0.2) is 41.7 Å². The molecule has 3 rings (SSSR count). The van der Waals surface area contributed by atoms with E-state index in [0.29, 0.717) is 24.1 Å². The molecule has 3 aromatic rings. The summed E-state index contributed by atoms with van der Waals surface area (Å²) in [4.78, 5) is 11.9. The fourth-order valence-corrected chi connectivity index (χ4v) is 3.58. The van der Waals surface area contributed by atoms with E-state index >= 15 is 0 Å². The molecular weight excluding hydrogens is 354 g/mol. The molecule has 0 aliphatic heterocycles. The summed E-state index contributed by atoms with van der Waals surface area (Å²) in [6.45, 7) is 3.17. The Morgan fingerprint density at radius 2 is 2.00 bits per heavy atom. The fourth-order valence-electron chi connectivity index (χ4n) is 2.48. The molecule has 8 heteroatoms. The van der Waals surface area contributed by atoms with Crippen molar-refractivity contribution in [1.29, 1.82) is 0 Å². The fraction of sp³-hybridized carbons (Fsp3) is 0.333. The van der Waals surface area contributed by atoms with Crippen molar-refractivity contribution in [3.05, 3.63) is 47.8 Å². The van der Waals surface area contributed by atoms with Crippen LogP contribution in [-0.2, 0) is 21.3 Å². The van der Waals surface area contributed by atoms with Crippen LogP contribution < -0.4 is 4.74 Å². The summed E-state index contributed by atoms with van der Waals surface area (Å²) in [5.74, 6) is 1.06. The average Bonchev–Trinajstić information content (AvgIpc) is 3.06. The summed E-state index contributed by atoms with van der Waals surface area (Å²) < 4.78 is 23.5. The Morgan fingerprint density at radius 1 is 1.19 bits per heavy atom. The van der Waals surface area contributed by atoms with Crippen molar-refractivity contribution in [2.45, 2.75) is 24.3 Å². The molecule has 1 unspecified atom stereocenters. The monoisotopic (exact) mass is 377 g/mol. The van der Waals surface area contributed by atoms with Crippen LogP contribution in [0.4, 0.5) is 0 Å². The Morgan fingerprint density at radius 3 is 2.77 bits per heavy atom. The van der Waals surface area contributed by atoms with E-state index < -0.39 is 10.8 Å². The first kappa shape index (κ1) is 20.0. The number of benzene rings is 1. The van der Waals surface area contributed by atoms with Crippen molar-refractivity contribution < 1.29 is 19.2 Å². The van der Waals surface area contributed by atoms with Gasteiger partial charge in [-0.3, -0.25) is 9.19 Å². The first-order chi connectivity index (χ1) is 12.2. The number of nitrogens with zero attached hydrogens (tertiary/aromatic N) is 2. The lowest BCUT2D eigenvalue weighted by atomic mass is 10.2. The van der Waals surface area contributed by atoms with Crippen LogP contribution in [-0.4, -0.2) is 45.0 Å². The minimum Gasteiger partial charge on any atom is -0.493 e. The van der Waals surface area contributed by atoms with Crippen molar-refractivity contribution in [3.63, 3.8) is 0 Å². The summed E-state index contributed by atoms with van der Waals surface area (Å²) in [5.41, 5.74) is 3.35. The molecule has 0 saturated carbocycles. The maximum absolute atomic E-state index is 12.7. The number of hydrogen-bond acceptors (Lipinski definition) is 5. The Bertz CT molecular complexity index is 849. The number of hydrogen-bond donors (Lipinski definition) is 1. The second-order valence-electron chi connectivity index (χ2n) is 5.62. The standard InChI is InChI=1S/C18H21N3O3S.H2O/c1-13-16(19-9-8-17(13)24-11-5-10-23-2)12-25(22)18-20-14-6-3-4-7-15(14)21-18;/h3-4,6-9H,5,10-12H2,1-2H3,(H,20,21);1H2. The highest BCUT2D eigenvalue weighted by atomic mass is 32.2. The topological polar surface area (TPSA) is 109 Å². The molecule has 0 radical (unpaired) electrons. The highest BCUT2D eigenvalue weighted by molar-refractivity contribution is 7.84. The second kappa shape index (κ2) is 9.42. The van der Waals surface area contributed by atoms with Crippen molar-refractivity contribution in [1.82, 2.24) is 15.0 Å². The zero-order valence-electron chi connectivity index (χ0n) is 14.8. The molecule has 0 fully saturated rings. The average molecular weight is 377 g/mol. The molecule has 0 spiro atoms. The van der Waals surface area contributed by atoms with Crippen LogP contribution in [0.2, 0.25) is 0 Å². The number of pyridine rings is 1. The van der Waals surface area contributed by atoms with Crippen molar-refractivity contribution in [3.8, 4) is 5.75 Å². The first-order valence-corrected chi connectivity index (χ1v) is 9.40. The molecule has 0 amide bonds. The predicted octanol–water partition coefficient (Wildman–Crippen LogP) is 2.16. The zero-order chi connectivity index (χ0) is 17.6. The quantitative estimate of drug-likeness (QED) is 0.605. The van der Waals surface area contributed by atoms with E-state index in [4.69, 9.17) is 9.47 Å². The van der Waals surface area contributed by atoms with Crippen LogP contribution in [0, 0.1) is 6.92 Å². The number of H-pyrrole nitrogens is 1. The minimum absolute atomic E-state index is 0. The third kappa shape index (κ3) is 4.66. The number of ether oxygens (including phenoxy) is 2. The number of nitrogens with one attached hydrogen (secondary N) is 1. The van der Waals surface area contributed by atoms with Crippen molar-refractivity contribution in [2.75, 3.05) is 20.3 Å². The van der Waals surface area contributed by atoms with Gasteiger partial charge in [-0.1, -0.05) is 12.1 Å². The van der Waals surface area contributed by atoms with Gasteiger partial charge in [-0.05, 0) is 25.1 Å². The van der Waals surface area contributed by atoms with Crippen LogP contribution in [0.3, 0.4) is 0 Å². The molecule has 0 saturated heterocycles. The molecule has 0 aliphatic rings. The van der Waals surface area contributed by atoms with Crippen molar-refractivity contribution >= 4 is 21.8 Å². The summed E-state index contributed by atoms with van der Waals surface area (Å²) in [5, 5.41) is 0.466. The van der Waals surface area contributed by atoms with Crippen LogP contribution in [0.1, 0.15) is 17.7 Å². The molecular formula is C18H23N3O4S. The van der Waals surface area contributed by atoms with E-state index in [-0.39, 0.29) is 5.48 Å². The van der Waals surface area contributed by atoms with Gasteiger partial charge in [0.15, 0.2) is 5.16 Å². The van der Waals surface area contributed by atoms with Gasteiger partial charge in [0, 0.05) is 31.9 Å². The number of aromatic amines is 1. The normalized spacial score (nSPS) is 11.9. The lowest BCUT2D eigenvalue weighted by Crippen LogP contribution is -2.06. The number of methoxy groups -OCH3 is 1. The molecule has 140 valence electrons. The lowest BCUT2D eigenvalue weighted by Gasteiger charge is -2.11. The summed E-state index contributed by atoms with van der Waals surface area (Å²) in [6, 6.07) is 9.47. The zero-order valence-corrected chi connectivity index (χ0v) is 15.6. The predicted molar refractivity (Wildman–Crippen MR) is 101 cm³/mol. The molecule has 2 heterocycles. The molecule has 1 aromatic carbocycles. The SMILES string of the molecule is COCCCOc1ccnc(CS(=O)c2nc3ccccc3[nH]2)c1C.O. The molecule has 0 bridgehead atoms. The second-order valence-corrected chi connectivity index (χ2v) is 6.99. The van der Waals surface area contributed by atoms with Crippen LogP contribution in [0.25, 0.3) is 11.0 Å². The molecule has 26 heavy (non-hydrogen) atoms. The summed E-state index contributed by atoms with van der Waals surface area (Å²) in [7, 11) is 0.371. The van der Waals surface area contributed by atoms with Crippen LogP contribution in [0.5, 0.6) is 5.75 Å². The molecule has 0 aliphatic carbocycles. The highest BCUT2D eigenvalue weighted by Crippen LogP contribution is 2.22. The highest BCUT2D eigenvalue weighted by Gasteiger charge is 2.14. The number of rotatable bonds is 8. The van der Waals surface area contributed by atoms with Gasteiger partial charge in [0.2, 0.25) is 0 Å². The molecule has 1 atom stereocenters. The van der Waals surface area contributed by atoms with E-state index in [1.807, 2.05) is 37.3 Å². The number of fused-ring (bicyclic) bond motifs is 1. The van der Waals surface area contributed by atoms with E-state index in [2.05, 4.69) is 15.0 Å². The van der Waals surface area contributed by atoms with Gasteiger partial charge in [-0.2, -0.15) is 0 Å². The van der Waals surface area contributed by atoms with Crippen LogP contribution >= 0.6 is 0 Å². The Balaban J connectivity index is 0.00000243. The lowest BCUT2D eigenvalue weighted by molar-refractivity contribution is 0.172. The number of para-hydroxylation sites is 2. The van der Waals surface area contributed by atoms with Gasteiger partial charge in [-0.15, -0.1) is 0 Å². The molecule has 7 nitrogen and oxygen atoms in total. The first-order valence-electron chi connectivity index (χ1n) is 8.08. The minimum atomic E-state index is -1.30. The Labute approximate surface area is 154 Å². The van der Waals surface area contributed by atoms with Gasteiger partial charge in [-0.25, -0.2) is 4.98 Å². The maximum Gasteiger partial charge on any atom is 0.197 e. The third-order valence-electron chi connectivity index (χ3n) is 3.86. The Hall–Kier alpha value is -2.29. The summed E-state index contributed by atoms with van der Waals surface area (Å²) >= 11 is 0. The van der Waals surface area contributed by atoms with Gasteiger partial charge < -0.3 is 19.9 Å². The van der Waals surface area contributed by atoms with Gasteiger partial charge in [0.05, 0.1) is 39.9 Å². The third-order valence-corrected chi connectivity index (χ3v) is 5.02.